The number of anilines is 1. The maximum Gasteiger partial charge on any atom is 0.327 e. The lowest BCUT2D eigenvalue weighted by Crippen LogP contribution is -2.37. The number of nitrogens with zero attached hydrogens (tertiary/aromatic N) is 2. The van der Waals surface area contributed by atoms with Crippen LogP contribution >= 0.6 is 23.2 Å². The molecule has 0 bridgehead atoms. The van der Waals surface area contributed by atoms with Gasteiger partial charge in [-0.05, 0) is 38.1 Å². The molecule has 0 atom stereocenters. The van der Waals surface area contributed by atoms with Gasteiger partial charge < -0.3 is 4.74 Å². The first-order valence-corrected chi connectivity index (χ1v) is 10.1. The second-order valence-electron chi connectivity index (χ2n) is 5.87. The number of para-hydroxylation sites is 1. The van der Waals surface area contributed by atoms with E-state index in [4.69, 9.17) is 27.9 Å². The third-order valence-corrected chi connectivity index (χ3v) is 5.79. The molecule has 0 aliphatic rings. The first kappa shape index (κ1) is 21.9. The number of hydrogen-bond donors (Lipinski definition) is 0. The van der Waals surface area contributed by atoms with Gasteiger partial charge >= 0.3 is 5.97 Å². The lowest BCUT2D eigenvalue weighted by molar-refractivity contribution is -0.387. The summed E-state index contributed by atoms with van der Waals surface area (Å²) < 4.78 is 32.2. The zero-order valence-corrected chi connectivity index (χ0v) is 17.2. The minimum atomic E-state index is -4.53. The SMILES string of the molecule is CC(C)OC(=O)CN(c1ccc(Cl)cc1Cl)S(=O)(=O)c1ccccc1[N+](=O)[O-]. The fraction of sp³-hybridized carbons (Fsp3) is 0.235. The molecule has 0 aliphatic heterocycles. The second-order valence-corrected chi connectivity index (χ2v) is 8.55. The lowest BCUT2D eigenvalue weighted by Gasteiger charge is -2.25. The largest absolute Gasteiger partial charge is 0.462 e. The Kier molecular flexibility index (Phi) is 6.87. The van der Waals surface area contributed by atoms with Crippen LogP contribution in [-0.4, -0.2) is 32.0 Å². The maximum atomic E-state index is 13.2. The number of halogens is 2. The van der Waals surface area contributed by atoms with Gasteiger partial charge in [-0.3, -0.25) is 19.2 Å². The monoisotopic (exact) mass is 446 g/mol. The van der Waals surface area contributed by atoms with Crippen molar-refractivity contribution in [2.45, 2.75) is 24.8 Å². The Morgan fingerprint density at radius 3 is 2.43 bits per heavy atom. The molecular formula is C17H16Cl2N2O6S. The molecule has 0 aliphatic carbocycles. The van der Waals surface area contributed by atoms with Crippen molar-refractivity contribution in [1.29, 1.82) is 0 Å². The summed E-state index contributed by atoms with van der Waals surface area (Å²) in [4.78, 5) is 22.1. The molecule has 0 aromatic heterocycles. The summed E-state index contributed by atoms with van der Waals surface area (Å²) in [6.45, 7) is 2.48. The van der Waals surface area contributed by atoms with Crippen molar-refractivity contribution in [3.05, 3.63) is 62.6 Å². The van der Waals surface area contributed by atoms with Crippen molar-refractivity contribution >= 4 is 50.6 Å². The summed E-state index contributed by atoms with van der Waals surface area (Å²) in [5.74, 6) is -0.844. The van der Waals surface area contributed by atoms with E-state index < -0.39 is 44.1 Å². The van der Waals surface area contributed by atoms with E-state index in [2.05, 4.69) is 0 Å². The smallest absolute Gasteiger partial charge is 0.327 e. The van der Waals surface area contributed by atoms with Gasteiger partial charge in [0.15, 0.2) is 4.90 Å². The third kappa shape index (κ3) is 4.92. The van der Waals surface area contributed by atoms with Gasteiger partial charge in [0.25, 0.3) is 15.7 Å². The second kappa shape index (κ2) is 8.76. The highest BCUT2D eigenvalue weighted by molar-refractivity contribution is 7.93. The summed E-state index contributed by atoms with van der Waals surface area (Å²) in [6.07, 6.45) is -0.483. The summed E-state index contributed by atoms with van der Waals surface area (Å²) in [7, 11) is -4.53. The Labute approximate surface area is 171 Å². The molecule has 0 fully saturated rings. The highest BCUT2D eigenvalue weighted by atomic mass is 35.5. The van der Waals surface area contributed by atoms with Gasteiger partial charge in [0.05, 0.1) is 21.7 Å². The molecule has 0 heterocycles. The standard InChI is InChI=1S/C17H16Cl2N2O6S/c1-11(2)27-17(22)10-20(14-8-7-12(18)9-13(14)19)28(25,26)16-6-4-3-5-15(16)21(23)24/h3-9,11H,10H2,1-2H3. The average molecular weight is 447 g/mol. The fourth-order valence-corrected chi connectivity index (χ4v) is 4.49. The number of nitro groups is 1. The molecule has 0 amide bonds. The number of nitro benzene ring substituents is 1. The van der Waals surface area contributed by atoms with Gasteiger partial charge in [-0.15, -0.1) is 0 Å². The van der Waals surface area contributed by atoms with Crippen LogP contribution in [0.3, 0.4) is 0 Å². The third-order valence-electron chi connectivity index (χ3n) is 3.45. The normalized spacial score (nSPS) is 11.3. The molecule has 11 heteroatoms. The van der Waals surface area contributed by atoms with Gasteiger partial charge in [0.2, 0.25) is 0 Å². The number of ether oxygens (including phenoxy) is 1. The van der Waals surface area contributed by atoms with Crippen LogP contribution in [-0.2, 0) is 19.6 Å². The zero-order chi connectivity index (χ0) is 21.1. The lowest BCUT2D eigenvalue weighted by atomic mass is 10.3. The van der Waals surface area contributed by atoms with Crippen LogP contribution in [0.15, 0.2) is 47.4 Å². The minimum absolute atomic E-state index is 0.0491. The quantitative estimate of drug-likeness (QED) is 0.360. The highest BCUT2D eigenvalue weighted by Crippen LogP contribution is 2.35. The highest BCUT2D eigenvalue weighted by Gasteiger charge is 2.34. The molecule has 28 heavy (non-hydrogen) atoms. The van der Waals surface area contributed by atoms with E-state index >= 15 is 0 Å². The molecule has 150 valence electrons. The van der Waals surface area contributed by atoms with Crippen LogP contribution in [0.2, 0.25) is 10.0 Å². The van der Waals surface area contributed by atoms with Crippen molar-refractivity contribution in [1.82, 2.24) is 0 Å². The number of carbonyl (C=O) groups is 1. The molecule has 0 radical (unpaired) electrons. The molecule has 0 N–H and O–H groups in total. The average Bonchev–Trinajstić information content (AvgIpc) is 2.59. The van der Waals surface area contributed by atoms with E-state index in [0.717, 1.165) is 12.1 Å². The van der Waals surface area contributed by atoms with Crippen LogP contribution in [0, 0.1) is 10.1 Å². The van der Waals surface area contributed by atoms with Crippen LogP contribution in [0.25, 0.3) is 0 Å². The molecule has 2 aromatic rings. The Hall–Kier alpha value is -2.36. The van der Waals surface area contributed by atoms with Crippen LogP contribution < -0.4 is 4.31 Å². The van der Waals surface area contributed by atoms with E-state index in [-0.39, 0.29) is 15.7 Å². The van der Waals surface area contributed by atoms with E-state index in [1.165, 1.54) is 30.3 Å². The first-order valence-electron chi connectivity index (χ1n) is 7.94. The molecule has 2 aromatic carbocycles. The van der Waals surface area contributed by atoms with Gasteiger partial charge in [-0.2, -0.15) is 0 Å². The van der Waals surface area contributed by atoms with Gasteiger partial charge in [-0.1, -0.05) is 35.3 Å². The van der Waals surface area contributed by atoms with Crippen molar-refractivity contribution in [3.63, 3.8) is 0 Å². The topological polar surface area (TPSA) is 107 Å². The van der Waals surface area contributed by atoms with Gasteiger partial charge in [-0.25, -0.2) is 8.42 Å². The Morgan fingerprint density at radius 1 is 1.21 bits per heavy atom. The van der Waals surface area contributed by atoms with E-state index in [1.807, 2.05) is 0 Å². The molecule has 8 nitrogen and oxygen atoms in total. The molecule has 0 unspecified atom stereocenters. The predicted molar refractivity (Wildman–Crippen MR) is 105 cm³/mol. The van der Waals surface area contributed by atoms with E-state index in [9.17, 15) is 23.3 Å². The maximum absolute atomic E-state index is 13.2. The number of hydrogen-bond acceptors (Lipinski definition) is 6. The van der Waals surface area contributed by atoms with Crippen LogP contribution in [0.1, 0.15) is 13.8 Å². The number of rotatable bonds is 7. The van der Waals surface area contributed by atoms with Gasteiger partial charge in [0.1, 0.15) is 6.54 Å². The Bertz CT molecular complexity index is 1010. The number of sulfonamides is 1. The molecular weight excluding hydrogens is 431 g/mol. The summed E-state index contributed by atoms with van der Waals surface area (Å²) in [5.41, 5.74) is -0.695. The summed E-state index contributed by atoms with van der Waals surface area (Å²) in [6, 6.07) is 8.81. The number of carbonyl (C=O) groups excluding carboxylic acids is 1. The zero-order valence-electron chi connectivity index (χ0n) is 14.8. The van der Waals surface area contributed by atoms with Gasteiger partial charge in [0, 0.05) is 11.1 Å². The van der Waals surface area contributed by atoms with Crippen molar-refractivity contribution in [3.8, 4) is 0 Å². The first-order chi connectivity index (χ1) is 13.0. The summed E-state index contributed by atoms with van der Waals surface area (Å²) >= 11 is 12.0. The molecule has 0 saturated carbocycles. The number of benzene rings is 2. The number of esters is 1. The fourth-order valence-electron chi connectivity index (χ4n) is 2.35. The molecule has 0 saturated heterocycles. The van der Waals surface area contributed by atoms with Crippen molar-refractivity contribution < 1.29 is 22.9 Å². The van der Waals surface area contributed by atoms with Crippen LogP contribution in [0.4, 0.5) is 11.4 Å². The Balaban J connectivity index is 2.64. The Morgan fingerprint density at radius 2 is 1.86 bits per heavy atom. The predicted octanol–water partition coefficient (Wildman–Crippen LogP) is 4.05. The molecule has 0 spiro atoms. The molecule has 2 rings (SSSR count). The van der Waals surface area contributed by atoms with Crippen LogP contribution in [0.5, 0.6) is 0 Å². The van der Waals surface area contributed by atoms with Crippen molar-refractivity contribution in [2.75, 3.05) is 10.8 Å². The van der Waals surface area contributed by atoms with E-state index in [0.29, 0.717) is 4.31 Å². The van der Waals surface area contributed by atoms with Crippen molar-refractivity contribution in [2.24, 2.45) is 0 Å². The minimum Gasteiger partial charge on any atom is -0.462 e. The van der Waals surface area contributed by atoms with E-state index in [1.54, 1.807) is 13.8 Å². The summed E-state index contributed by atoms with van der Waals surface area (Å²) in [5, 5.41) is 11.5.